The monoisotopic (exact) mass is 540 g/mol. The Morgan fingerprint density at radius 1 is 1.03 bits per heavy atom. The Balaban J connectivity index is 2.67. The highest BCUT2D eigenvalue weighted by Crippen LogP contribution is 2.47. The SMILES string of the molecule is COCCC(C)(Cc1cccnc1)C(O)C(NS(C)(=O)=O)(OCc1ccc(F)cc1)C(C)(C)CCOC. The van der Waals surface area contributed by atoms with Crippen LogP contribution in [0.1, 0.15) is 44.7 Å². The summed E-state index contributed by atoms with van der Waals surface area (Å²) >= 11 is 0. The Bertz CT molecular complexity index is 1070. The van der Waals surface area contributed by atoms with Crippen molar-refractivity contribution in [1.29, 1.82) is 0 Å². The number of hydrogen-bond acceptors (Lipinski definition) is 7. The average Bonchev–Trinajstić information content (AvgIpc) is 2.84. The molecule has 2 rings (SSSR count). The Labute approximate surface area is 220 Å². The Morgan fingerprint density at radius 3 is 2.19 bits per heavy atom. The van der Waals surface area contributed by atoms with E-state index in [0.717, 1.165) is 11.8 Å². The van der Waals surface area contributed by atoms with Crippen LogP contribution in [0.5, 0.6) is 0 Å². The molecule has 3 unspecified atom stereocenters. The van der Waals surface area contributed by atoms with Gasteiger partial charge in [-0.15, -0.1) is 0 Å². The number of aromatic nitrogens is 1. The van der Waals surface area contributed by atoms with Gasteiger partial charge < -0.3 is 19.3 Å². The van der Waals surface area contributed by atoms with Crippen molar-refractivity contribution in [2.24, 2.45) is 10.8 Å². The number of aliphatic hydroxyl groups excluding tert-OH is 1. The van der Waals surface area contributed by atoms with E-state index in [-0.39, 0.29) is 6.61 Å². The summed E-state index contributed by atoms with van der Waals surface area (Å²) in [4.78, 5) is 4.20. The fourth-order valence-corrected chi connectivity index (χ4v) is 5.58. The number of halogens is 1. The zero-order valence-corrected chi connectivity index (χ0v) is 23.5. The molecule has 1 aromatic heterocycles. The Kier molecular flexibility index (Phi) is 11.2. The van der Waals surface area contributed by atoms with Gasteiger partial charge in [0.05, 0.1) is 12.9 Å². The first-order valence-corrected chi connectivity index (χ1v) is 14.1. The van der Waals surface area contributed by atoms with E-state index in [2.05, 4.69) is 9.71 Å². The predicted molar refractivity (Wildman–Crippen MR) is 141 cm³/mol. The van der Waals surface area contributed by atoms with E-state index >= 15 is 0 Å². The minimum Gasteiger partial charge on any atom is -0.388 e. The molecule has 0 bridgehead atoms. The lowest BCUT2D eigenvalue weighted by Crippen LogP contribution is -2.70. The fourth-order valence-electron chi connectivity index (χ4n) is 4.58. The largest absolute Gasteiger partial charge is 0.388 e. The summed E-state index contributed by atoms with van der Waals surface area (Å²) in [6.07, 6.45) is 4.26. The zero-order chi connectivity index (χ0) is 27.7. The number of pyridine rings is 1. The van der Waals surface area contributed by atoms with Crippen molar-refractivity contribution in [3.63, 3.8) is 0 Å². The van der Waals surface area contributed by atoms with Crippen molar-refractivity contribution in [2.75, 3.05) is 33.7 Å². The number of rotatable bonds is 16. The molecular formula is C27H41FN2O6S. The van der Waals surface area contributed by atoms with Crippen LogP contribution >= 0.6 is 0 Å². The summed E-state index contributed by atoms with van der Waals surface area (Å²) in [7, 11) is -0.745. The third-order valence-corrected chi connectivity index (χ3v) is 7.58. The molecule has 0 aliphatic heterocycles. The molecule has 0 saturated carbocycles. The molecular weight excluding hydrogens is 499 g/mol. The fraction of sp³-hybridized carbons (Fsp3) is 0.593. The first-order valence-electron chi connectivity index (χ1n) is 12.2. The van der Waals surface area contributed by atoms with Gasteiger partial charge >= 0.3 is 0 Å². The molecule has 0 aliphatic carbocycles. The quantitative estimate of drug-likeness (QED) is 0.313. The molecule has 1 aromatic carbocycles. The van der Waals surface area contributed by atoms with Crippen LogP contribution in [0, 0.1) is 16.6 Å². The summed E-state index contributed by atoms with van der Waals surface area (Å²) in [6.45, 7) is 6.13. The lowest BCUT2D eigenvalue weighted by atomic mass is 9.65. The second-order valence-corrected chi connectivity index (χ2v) is 12.2. The van der Waals surface area contributed by atoms with Crippen LogP contribution in [0.4, 0.5) is 4.39 Å². The predicted octanol–water partition coefficient (Wildman–Crippen LogP) is 3.69. The summed E-state index contributed by atoms with van der Waals surface area (Å²) in [5, 5.41) is 12.3. The summed E-state index contributed by atoms with van der Waals surface area (Å²) in [6, 6.07) is 9.47. The van der Waals surface area contributed by atoms with Crippen LogP contribution in [0.3, 0.4) is 0 Å². The van der Waals surface area contributed by atoms with E-state index in [1.807, 2.05) is 32.9 Å². The van der Waals surface area contributed by atoms with E-state index < -0.39 is 38.5 Å². The third kappa shape index (κ3) is 8.53. The van der Waals surface area contributed by atoms with Gasteiger partial charge in [0.1, 0.15) is 11.9 Å². The van der Waals surface area contributed by atoms with Crippen molar-refractivity contribution in [3.8, 4) is 0 Å². The van der Waals surface area contributed by atoms with E-state index in [1.54, 1.807) is 38.7 Å². The van der Waals surface area contributed by atoms with E-state index in [0.29, 0.717) is 38.0 Å². The molecule has 37 heavy (non-hydrogen) atoms. The highest BCUT2D eigenvalue weighted by molar-refractivity contribution is 7.88. The van der Waals surface area contributed by atoms with Gasteiger partial charge in [0.15, 0.2) is 5.72 Å². The van der Waals surface area contributed by atoms with Crippen LogP contribution in [0.2, 0.25) is 0 Å². The molecule has 0 radical (unpaired) electrons. The molecule has 0 saturated heterocycles. The Morgan fingerprint density at radius 2 is 1.65 bits per heavy atom. The molecule has 2 aromatic rings. The second kappa shape index (κ2) is 13.2. The summed E-state index contributed by atoms with van der Waals surface area (Å²) < 4.78 is 59.0. The van der Waals surface area contributed by atoms with Gasteiger partial charge in [-0.1, -0.05) is 39.0 Å². The maximum absolute atomic E-state index is 13.5. The third-order valence-electron chi connectivity index (χ3n) is 6.91. The first-order chi connectivity index (χ1) is 17.3. The number of ether oxygens (including phenoxy) is 3. The smallest absolute Gasteiger partial charge is 0.211 e. The molecule has 2 N–H and O–H groups in total. The first kappa shape index (κ1) is 31.3. The number of nitrogens with one attached hydrogen (secondary N) is 1. The topological polar surface area (TPSA) is 107 Å². The molecule has 8 nitrogen and oxygen atoms in total. The summed E-state index contributed by atoms with van der Waals surface area (Å²) in [5.74, 6) is -0.395. The molecule has 0 fully saturated rings. The van der Waals surface area contributed by atoms with Gasteiger partial charge in [-0.3, -0.25) is 4.98 Å². The number of aliphatic hydroxyl groups is 1. The molecule has 10 heteroatoms. The van der Waals surface area contributed by atoms with Crippen molar-refractivity contribution in [1.82, 2.24) is 9.71 Å². The number of hydrogen-bond donors (Lipinski definition) is 2. The lowest BCUT2D eigenvalue weighted by molar-refractivity contribution is -0.235. The normalized spacial score (nSPS) is 16.6. The number of sulfonamides is 1. The number of methoxy groups -OCH3 is 2. The summed E-state index contributed by atoms with van der Waals surface area (Å²) in [5.41, 5.74) is -2.13. The number of benzene rings is 1. The van der Waals surface area contributed by atoms with Gasteiger partial charge in [-0.25, -0.2) is 12.8 Å². The van der Waals surface area contributed by atoms with Gasteiger partial charge in [0.25, 0.3) is 0 Å². The second-order valence-electron chi connectivity index (χ2n) is 10.5. The average molecular weight is 541 g/mol. The minimum atomic E-state index is -3.88. The molecule has 3 atom stereocenters. The maximum Gasteiger partial charge on any atom is 0.211 e. The van der Waals surface area contributed by atoms with Crippen molar-refractivity contribution >= 4 is 10.0 Å². The van der Waals surface area contributed by atoms with Crippen LogP contribution in [-0.2, 0) is 37.3 Å². The standard InChI is InChI=1S/C27H41FN2O6S/c1-25(2,13-16-34-4)27(30-37(6,32)33,36-20-21-9-11-23(28)12-10-21)24(31)26(3,14-17-35-5)18-22-8-7-15-29-19-22/h7-12,15,19,24,30-31H,13-14,16-18,20H2,1-6H3. The van der Waals surface area contributed by atoms with Crippen LogP contribution in [0.15, 0.2) is 48.8 Å². The van der Waals surface area contributed by atoms with Gasteiger partial charge in [-0.05, 0) is 48.6 Å². The molecule has 0 amide bonds. The Hall–Kier alpha value is -1.95. The van der Waals surface area contributed by atoms with Crippen LogP contribution < -0.4 is 4.72 Å². The molecule has 208 valence electrons. The van der Waals surface area contributed by atoms with E-state index in [4.69, 9.17) is 14.2 Å². The molecule has 0 aliphatic rings. The van der Waals surface area contributed by atoms with Crippen molar-refractivity contribution in [3.05, 3.63) is 65.7 Å². The molecule has 1 heterocycles. The number of nitrogens with zero attached hydrogens (tertiary/aromatic N) is 1. The van der Waals surface area contributed by atoms with E-state index in [1.165, 1.54) is 12.1 Å². The highest BCUT2D eigenvalue weighted by atomic mass is 32.2. The van der Waals surface area contributed by atoms with Crippen molar-refractivity contribution in [2.45, 2.75) is 58.5 Å². The zero-order valence-electron chi connectivity index (χ0n) is 22.7. The minimum absolute atomic E-state index is 0.0659. The van der Waals surface area contributed by atoms with Gasteiger partial charge in [0.2, 0.25) is 10.0 Å². The van der Waals surface area contributed by atoms with Gasteiger partial charge in [0, 0.05) is 50.7 Å². The highest BCUT2D eigenvalue weighted by Gasteiger charge is 2.58. The van der Waals surface area contributed by atoms with E-state index in [9.17, 15) is 17.9 Å². The van der Waals surface area contributed by atoms with Crippen molar-refractivity contribution < 1.29 is 32.1 Å². The van der Waals surface area contributed by atoms with Gasteiger partial charge in [-0.2, -0.15) is 4.72 Å². The maximum atomic E-state index is 13.5. The van der Waals surface area contributed by atoms with Crippen LogP contribution in [0.25, 0.3) is 0 Å². The van der Waals surface area contributed by atoms with Crippen LogP contribution in [-0.4, -0.2) is 64.0 Å². The lowest BCUT2D eigenvalue weighted by Gasteiger charge is -2.54. The molecule has 0 spiro atoms.